The van der Waals surface area contributed by atoms with Crippen LogP contribution in [0.5, 0.6) is 5.75 Å². The summed E-state index contributed by atoms with van der Waals surface area (Å²) in [5.41, 5.74) is 2.03. The van der Waals surface area contributed by atoms with Crippen LogP contribution in [-0.4, -0.2) is 20.7 Å². The number of hydrogen-bond acceptors (Lipinski definition) is 4. The van der Waals surface area contributed by atoms with Gasteiger partial charge in [0, 0.05) is 22.5 Å². The molecule has 132 valence electrons. The molecular weight excluding hydrogens is 372 g/mol. The summed E-state index contributed by atoms with van der Waals surface area (Å²) in [4.78, 5) is 16.4. The molecule has 5 nitrogen and oxygen atoms in total. The Labute approximate surface area is 158 Å². The van der Waals surface area contributed by atoms with E-state index in [1.807, 2.05) is 34.2 Å². The first kappa shape index (κ1) is 18.0. The molecule has 26 heavy (non-hydrogen) atoms. The molecule has 0 bridgehead atoms. The number of rotatable bonds is 5. The topological polar surface area (TPSA) is 74.8 Å². The van der Waals surface area contributed by atoms with Crippen LogP contribution in [0.1, 0.15) is 10.4 Å². The minimum Gasteiger partial charge on any atom is -0.507 e. The van der Waals surface area contributed by atoms with Crippen molar-refractivity contribution in [3.8, 4) is 17.0 Å². The summed E-state index contributed by atoms with van der Waals surface area (Å²) in [6, 6.07) is 11.8. The first-order chi connectivity index (χ1) is 12.5. The van der Waals surface area contributed by atoms with Gasteiger partial charge in [0.25, 0.3) is 0 Å². The number of nitrogens with zero attached hydrogens (tertiary/aromatic N) is 2. The SMILES string of the molecule is C=CCn1c(-c2ccccc2Cl)csc1=Nc1ccc(O)c(C(=O)O)c1. The second-order valence-corrected chi connectivity index (χ2v) is 6.64. The molecule has 3 rings (SSSR count). The van der Waals surface area contributed by atoms with Crippen LogP contribution in [0.3, 0.4) is 0 Å². The Kier molecular flexibility index (Phi) is 5.25. The number of carbonyl (C=O) groups is 1. The lowest BCUT2D eigenvalue weighted by atomic mass is 10.1. The van der Waals surface area contributed by atoms with Crippen LogP contribution >= 0.6 is 22.9 Å². The quantitative estimate of drug-likeness (QED) is 0.624. The van der Waals surface area contributed by atoms with Crippen LogP contribution in [0.2, 0.25) is 5.02 Å². The third-order valence-corrected chi connectivity index (χ3v) is 4.89. The first-order valence-electron chi connectivity index (χ1n) is 7.66. The highest BCUT2D eigenvalue weighted by atomic mass is 35.5. The van der Waals surface area contributed by atoms with Crippen LogP contribution in [0.4, 0.5) is 5.69 Å². The lowest BCUT2D eigenvalue weighted by Gasteiger charge is -2.08. The summed E-state index contributed by atoms with van der Waals surface area (Å²) in [5.74, 6) is -1.50. The predicted molar refractivity (Wildman–Crippen MR) is 103 cm³/mol. The molecule has 0 saturated carbocycles. The largest absolute Gasteiger partial charge is 0.507 e. The Hall–Kier alpha value is -2.83. The average molecular weight is 387 g/mol. The van der Waals surface area contributed by atoms with Crippen LogP contribution in [-0.2, 0) is 6.54 Å². The maximum Gasteiger partial charge on any atom is 0.339 e. The Bertz CT molecular complexity index is 1050. The molecule has 0 spiro atoms. The molecule has 1 aromatic heterocycles. The lowest BCUT2D eigenvalue weighted by molar-refractivity contribution is 0.0694. The van der Waals surface area contributed by atoms with Crippen LogP contribution in [0.15, 0.2) is 65.5 Å². The van der Waals surface area contributed by atoms with E-state index >= 15 is 0 Å². The van der Waals surface area contributed by atoms with Gasteiger partial charge < -0.3 is 14.8 Å². The van der Waals surface area contributed by atoms with E-state index in [1.165, 1.54) is 23.5 Å². The molecule has 0 unspecified atom stereocenters. The standard InChI is InChI=1S/C19H15ClN2O3S/c1-2-9-22-16(13-5-3-4-6-15(13)20)11-26-19(22)21-12-7-8-17(23)14(10-12)18(24)25/h2-8,10-11,23H,1,9H2,(H,24,25). The minimum atomic E-state index is -1.21. The van der Waals surface area contributed by atoms with Gasteiger partial charge in [0.2, 0.25) is 0 Å². The molecule has 0 aliphatic carbocycles. The van der Waals surface area contributed by atoms with Crippen molar-refractivity contribution >= 4 is 34.6 Å². The van der Waals surface area contributed by atoms with Gasteiger partial charge >= 0.3 is 5.97 Å². The molecule has 7 heteroatoms. The van der Waals surface area contributed by atoms with Gasteiger partial charge in [0.05, 0.1) is 11.4 Å². The van der Waals surface area contributed by atoms with Gasteiger partial charge in [-0.25, -0.2) is 9.79 Å². The highest BCUT2D eigenvalue weighted by Crippen LogP contribution is 2.28. The number of thiazole rings is 1. The Morgan fingerprint density at radius 1 is 1.31 bits per heavy atom. The average Bonchev–Trinajstić information content (AvgIpc) is 2.99. The second kappa shape index (κ2) is 7.59. The van der Waals surface area contributed by atoms with Crippen molar-refractivity contribution in [3.63, 3.8) is 0 Å². The van der Waals surface area contributed by atoms with Crippen molar-refractivity contribution in [3.05, 3.63) is 75.9 Å². The molecule has 0 aliphatic rings. The molecule has 0 fully saturated rings. The van der Waals surface area contributed by atoms with E-state index in [1.54, 1.807) is 12.1 Å². The van der Waals surface area contributed by atoms with Gasteiger partial charge in [-0.1, -0.05) is 35.9 Å². The van der Waals surface area contributed by atoms with E-state index in [0.29, 0.717) is 22.1 Å². The summed E-state index contributed by atoms with van der Waals surface area (Å²) in [7, 11) is 0. The minimum absolute atomic E-state index is 0.190. The van der Waals surface area contributed by atoms with Gasteiger partial charge in [-0.2, -0.15) is 0 Å². The number of carboxylic acids is 1. The van der Waals surface area contributed by atoms with Gasteiger partial charge in [-0.3, -0.25) is 0 Å². The fourth-order valence-electron chi connectivity index (χ4n) is 2.48. The molecular formula is C19H15ClN2O3S. The van der Waals surface area contributed by atoms with E-state index in [-0.39, 0.29) is 11.3 Å². The first-order valence-corrected chi connectivity index (χ1v) is 8.92. The van der Waals surface area contributed by atoms with Crippen molar-refractivity contribution in [2.45, 2.75) is 6.54 Å². The summed E-state index contributed by atoms with van der Waals surface area (Å²) in [5, 5.41) is 21.4. The van der Waals surface area contributed by atoms with E-state index < -0.39 is 5.97 Å². The van der Waals surface area contributed by atoms with Gasteiger partial charge in [0.15, 0.2) is 4.80 Å². The maximum atomic E-state index is 11.2. The van der Waals surface area contributed by atoms with Crippen molar-refractivity contribution in [2.24, 2.45) is 4.99 Å². The second-order valence-electron chi connectivity index (χ2n) is 5.40. The predicted octanol–water partition coefficient (Wildman–Crippen LogP) is 4.69. The van der Waals surface area contributed by atoms with Crippen LogP contribution in [0, 0.1) is 0 Å². The molecule has 1 heterocycles. The Morgan fingerprint density at radius 3 is 2.77 bits per heavy atom. The number of aromatic hydroxyl groups is 1. The normalized spacial score (nSPS) is 11.5. The number of phenols is 1. The van der Waals surface area contributed by atoms with E-state index in [9.17, 15) is 9.90 Å². The van der Waals surface area contributed by atoms with Crippen molar-refractivity contribution in [1.82, 2.24) is 4.57 Å². The summed E-state index contributed by atoms with van der Waals surface area (Å²) >= 11 is 7.73. The van der Waals surface area contributed by atoms with E-state index in [2.05, 4.69) is 11.6 Å². The highest BCUT2D eigenvalue weighted by molar-refractivity contribution is 7.07. The zero-order valence-corrected chi connectivity index (χ0v) is 15.2. The number of carboxylic acid groups (broad SMARTS) is 1. The number of hydrogen-bond donors (Lipinski definition) is 2. The fourth-order valence-corrected chi connectivity index (χ4v) is 3.65. The number of allylic oxidation sites excluding steroid dienone is 1. The van der Waals surface area contributed by atoms with E-state index in [4.69, 9.17) is 16.7 Å². The Morgan fingerprint density at radius 2 is 2.08 bits per heavy atom. The smallest absolute Gasteiger partial charge is 0.339 e. The molecule has 0 saturated heterocycles. The molecule has 0 amide bonds. The van der Waals surface area contributed by atoms with Gasteiger partial charge in [-0.05, 0) is 24.3 Å². The summed E-state index contributed by atoms with van der Waals surface area (Å²) < 4.78 is 1.95. The zero-order valence-electron chi connectivity index (χ0n) is 13.6. The number of aromatic carboxylic acids is 1. The Balaban J connectivity index is 2.16. The monoisotopic (exact) mass is 386 g/mol. The molecule has 0 atom stereocenters. The third kappa shape index (κ3) is 3.56. The van der Waals surface area contributed by atoms with Gasteiger partial charge in [-0.15, -0.1) is 17.9 Å². The number of halogens is 1. The lowest BCUT2D eigenvalue weighted by Crippen LogP contribution is -2.15. The number of aromatic nitrogens is 1. The fraction of sp³-hybridized carbons (Fsp3) is 0.0526. The molecule has 2 aromatic carbocycles. The summed E-state index contributed by atoms with van der Waals surface area (Å²) in [6.45, 7) is 4.31. The third-order valence-electron chi connectivity index (χ3n) is 3.69. The van der Waals surface area contributed by atoms with Crippen LogP contribution in [0.25, 0.3) is 11.3 Å². The molecule has 2 N–H and O–H groups in total. The highest BCUT2D eigenvalue weighted by Gasteiger charge is 2.12. The molecule has 0 aliphatic heterocycles. The zero-order chi connectivity index (χ0) is 18.7. The van der Waals surface area contributed by atoms with Crippen LogP contribution < -0.4 is 4.80 Å². The maximum absolute atomic E-state index is 11.2. The number of benzene rings is 2. The van der Waals surface area contributed by atoms with Crippen molar-refractivity contribution in [2.75, 3.05) is 0 Å². The van der Waals surface area contributed by atoms with Gasteiger partial charge in [0.1, 0.15) is 11.3 Å². The summed E-state index contributed by atoms with van der Waals surface area (Å²) in [6.07, 6.45) is 1.76. The van der Waals surface area contributed by atoms with Crippen molar-refractivity contribution in [1.29, 1.82) is 0 Å². The van der Waals surface area contributed by atoms with E-state index in [0.717, 1.165) is 11.3 Å². The molecule has 0 radical (unpaired) electrons. The molecule has 3 aromatic rings. The van der Waals surface area contributed by atoms with Crippen molar-refractivity contribution < 1.29 is 15.0 Å².